The molecule has 2 aromatic carbocycles. The fourth-order valence-corrected chi connectivity index (χ4v) is 1.88. The Bertz CT molecular complexity index is 582. The molecular formula is C16H13BrN2. The molecule has 0 aliphatic heterocycles. The van der Waals surface area contributed by atoms with E-state index in [1.54, 1.807) is 0 Å². The summed E-state index contributed by atoms with van der Waals surface area (Å²) in [7, 11) is 0. The van der Waals surface area contributed by atoms with E-state index in [9.17, 15) is 0 Å². The average Bonchev–Trinajstić information content (AvgIpc) is 2.46. The molecule has 3 heteroatoms. The molecule has 0 aliphatic rings. The zero-order chi connectivity index (χ0) is 13.5. The van der Waals surface area contributed by atoms with Crippen molar-refractivity contribution >= 4 is 27.7 Å². The van der Waals surface area contributed by atoms with Crippen LogP contribution in [0, 0.1) is 11.3 Å². The van der Waals surface area contributed by atoms with Gasteiger partial charge in [0.25, 0.3) is 0 Å². The summed E-state index contributed by atoms with van der Waals surface area (Å²) in [5.74, 6) is 0. The molecule has 19 heavy (non-hydrogen) atoms. The van der Waals surface area contributed by atoms with Gasteiger partial charge >= 0.3 is 0 Å². The maximum absolute atomic E-state index is 9.14. The Morgan fingerprint density at radius 3 is 2.37 bits per heavy atom. The minimum Gasteiger partial charge on any atom is -0.367 e. The third-order valence-corrected chi connectivity index (χ3v) is 3.11. The van der Waals surface area contributed by atoms with Crippen molar-refractivity contribution in [3.8, 4) is 6.07 Å². The molecule has 0 aliphatic carbocycles. The standard InChI is InChI=1S/C16H13BrN2/c17-14-9-6-13(7-10-14)8-11-16(12-18)19-15-4-2-1-3-5-15/h1-11,16,19H/b11-8+. The fourth-order valence-electron chi connectivity index (χ4n) is 1.62. The first-order valence-corrected chi connectivity index (χ1v) is 6.72. The number of hydrogen-bond acceptors (Lipinski definition) is 2. The number of nitrogens with one attached hydrogen (secondary N) is 1. The van der Waals surface area contributed by atoms with E-state index < -0.39 is 0 Å². The second-order valence-corrected chi connectivity index (χ2v) is 4.94. The Morgan fingerprint density at radius 2 is 1.74 bits per heavy atom. The molecule has 0 fully saturated rings. The highest BCUT2D eigenvalue weighted by Crippen LogP contribution is 2.13. The quantitative estimate of drug-likeness (QED) is 0.904. The zero-order valence-electron chi connectivity index (χ0n) is 10.3. The molecular weight excluding hydrogens is 300 g/mol. The molecule has 0 bridgehead atoms. The van der Waals surface area contributed by atoms with Gasteiger partial charge in [0.15, 0.2) is 0 Å². The summed E-state index contributed by atoms with van der Waals surface area (Å²) in [6, 6.07) is 19.5. The van der Waals surface area contributed by atoms with Gasteiger partial charge in [0.05, 0.1) is 6.07 Å². The first-order valence-electron chi connectivity index (χ1n) is 5.93. The van der Waals surface area contributed by atoms with Crippen molar-refractivity contribution < 1.29 is 0 Å². The number of benzene rings is 2. The lowest BCUT2D eigenvalue weighted by Gasteiger charge is -2.08. The molecule has 2 nitrogen and oxygen atoms in total. The molecule has 1 N–H and O–H groups in total. The molecule has 94 valence electrons. The zero-order valence-corrected chi connectivity index (χ0v) is 11.8. The van der Waals surface area contributed by atoms with Gasteiger partial charge in [-0.15, -0.1) is 0 Å². The first-order chi connectivity index (χ1) is 9.28. The lowest BCUT2D eigenvalue weighted by Crippen LogP contribution is -2.13. The van der Waals surface area contributed by atoms with Crippen LogP contribution in [-0.4, -0.2) is 6.04 Å². The van der Waals surface area contributed by atoms with Gasteiger partial charge in [-0.25, -0.2) is 0 Å². The maximum Gasteiger partial charge on any atom is 0.133 e. The number of nitrogens with zero attached hydrogens (tertiary/aromatic N) is 1. The summed E-state index contributed by atoms with van der Waals surface area (Å²) in [4.78, 5) is 0. The van der Waals surface area contributed by atoms with Gasteiger partial charge in [-0.3, -0.25) is 0 Å². The van der Waals surface area contributed by atoms with Crippen molar-refractivity contribution in [3.05, 3.63) is 70.7 Å². The summed E-state index contributed by atoms with van der Waals surface area (Å²) in [6.07, 6.45) is 3.80. The van der Waals surface area contributed by atoms with Crippen LogP contribution in [0.15, 0.2) is 65.1 Å². The predicted octanol–water partition coefficient (Wildman–Crippen LogP) is 4.47. The van der Waals surface area contributed by atoms with Crippen molar-refractivity contribution in [1.82, 2.24) is 0 Å². The van der Waals surface area contributed by atoms with Crippen LogP contribution in [0.1, 0.15) is 5.56 Å². The molecule has 2 aromatic rings. The Hall–Kier alpha value is -2.05. The van der Waals surface area contributed by atoms with E-state index >= 15 is 0 Å². The largest absolute Gasteiger partial charge is 0.367 e. The normalized spacial score (nSPS) is 12.0. The maximum atomic E-state index is 9.14. The van der Waals surface area contributed by atoms with E-state index in [4.69, 9.17) is 5.26 Å². The van der Waals surface area contributed by atoms with Gasteiger partial charge in [-0.2, -0.15) is 5.26 Å². The van der Waals surface area contributed by atoms with Crippen LogP contribution in [0.5, 0.6) is 0 Å². The van der Waals surface area contributed by atoms with Crippen molar-refractivity contribution in [2.45, 2.75) is 6.04 Å². The van der Waals surface area contributed by atoms with Gasteiger partial charge < -0.3 is 5.32 Å². The molecule has 0 spiro atoms. The molecule has 0 radical (unpaired) electrons. The van der Waals surface area contributed by atoms with E-state index in [0.29, 0.717) is 0 Å². The summed E-state index contributed by atoms with van der Waals surface area (Å²) in [5, 5.41) is 12.3. The SMILES string of the molecule is N#CC(/C=C/c1ccc(Br)cc1)Nc1ccccc1. The van der Waals surface area contributed by atoms with Crippen LogP contribution >= 0.6 is 15.9 Å². The van der Waals surface area contributed by atoms with Crippen LogP contribution in [0.3, 0.4) is 0 Å². The lowest BCUT2D eigenvalue weighted by atomic mass is 10.1. The Morgan fingerprint density at radius 1 is 1.05 bits per heavy atom. The minimum atomic E-state index is -0.342. The number of anilines is 1. The predicted molar refractivity (Wildman–Crippen MR) is 82.6 cm³/mol. The number of halogens is 1. The number of hydrogen-bond donors (Lipinski definition) is 1. The van der Waals surface area contributed by atoms with E-state index in [2.05, 4.69) is 27.3 Å². The second-order valence-electron chi connectivity index (χ2n) is 4.03. The molecule has 1 unspecified atom stereocenters. The molecule has 0 amide bonds. The van der Waals surface area contributed by atoms with Gasteiger partial charge in [0.1, 0.15) is 6.04 Å². The van der Waals surface area contributed by atoms with E-state index in [1.165, 1.54) is 0 Å². The van der Waals surface area contributed by atoms with Crippen molar-refractivity contribution in [2.75, 3.05) is 5.32 Å². The monoisotopic (exact) mass is 312 g/mol. The van der Waals surface area contributed by atoms with Gasteiger partial charge in [0.2, 0.25) is 0 Å². The summed E-state index contributed by atoms with van der Waals surface area (Å²) in [6.45, 7) is 0. The van der Waals surface area contributed by atoms with Gasteiger partial charge in [0, 0.05) is 10.2 Å². The Kier molecular flexibility index (Phi) is 4.77. The van der Waals surface area contributed by atoms with Crippen LogP contribution < -0.4 is 5.32 Å². The fraction of sp³-hybridized carbons (Fsp3) is 0.0625. The Labute approximate surface area is 121 Å². The van der Waals surface area contributed by atoms with Gasteiger partial charge in [-0.05, 0) is 35.9 Å². The molecule has 0 heterocycles. The highest BCUT2D eigenvalue weighted by atomic mass is 79.9. The van der Waals surface area contributed by atoms with E-state index in [-0.39, 0.29) is 6.04 Å². The molecule has 2 rings (SSSR count). The minimum absolute atomic E-state index is 0.342. The number of rotatable bonds is 4. The molecule has 0 aromatic heterocycles. The summed E-state index contributed by atoms with van der Waals surface area (Å²) in [5.41, 5.74) is 2.01. The third kappa shape index (κ3) is 4.27. The highest BCUT2D eigenvalue weighted by Gasteiger charge is 2.01. The lowest BCUT2D eigenvalue weighted by molar-refractivity contribution is 1.12. The number of nitriles is 1. The Balaban J connectivity index is 2.03. The van der Waals surface area contributed by atoms with Crippen molar-refractivity contribution in [3.63, 3.8) is 0 Å². The van der Waals surface area contributed by atoms with Crippen LogP contribution in [-0.2, 0) is 0 Å². The van der Waals surface area contributed by atoms with Crippen molar-refractivity contribution in [1.29, 1.82) is 5.26 Å². The molecule has 1 atom stereocenters. The molecule has 0 saturated heterocycles. The van der Waals surface area contributed by atoms with Crippen molar-refractivity contribution in [2.24, 2.45) is 0 Å². The first kappa shape index (κ1) is 13.4. The molecule has 0 saturated carbocycles. The number of para-hydroxylation sites is 1. The average molecular weight is 313 g/mol. The summed E-state index contributed by atoms with van der Waals surface area (Å²) >= 11 is 3.39. The van der Waals surface area contributed by atoms with E-state index in [1.807, 2.05) is 66.7 Å². The smallest absolute Gasteiger partial charge is 0.133 e. The van der Waals surface area contributed by atoms with E-state index in [0.717, 1.165) is 15.7 Å². The van der Waals surface area contributed by atoms with Gasteiger partial charge in [-0.1, -0.05) is 52.3 Å². The van der Waals surface area contributed by atoms with Crippen LogP contribution in [0.4, 0.5) is 5.69 Å². The summed E-state index contributed by atoms with van der Waals surface area (Å²) < 4.78 is 1.05. The van der Waals surface area contributed by atoms with Crippen LogP contribution in [0.2, 0.25) is 0 Å². The topological polar surface area (TPSA) is 35.8 Å². The van der Waals surface area contributed by atoms with Crippen LogP contribution in [0.25, 0.3) is 6.08 Å². The second kappa shape index (κ2) is 6.77. The highest BCUT2D eigenvalue weighted by molar-refractivity contribution is 9.10. The third-order valence-electron chi connectivity index (χ3n) is 2.59.